The molecular weight excluding hydrogens is 228 g/mol. The van der Waals surface area contributed by atoms with Gasteiger partial charge < -0.3 is 10.5 Å². The number of anilines is 1. The molecule has 0 spiro atoms. The minimum Gasteiger partial charge on any atom is -0.384 e. The zero-order valence-electron chi connectivity index (χ0n) is 11.6. The van der Waals surface area contributed by atoms with Gasteiger partial charge in [-0.3, -0.25) is 4.90 Å². The third-order valence-corrected chi connectivity index (χ3v) is 2.93. The zero-order chi connectivity index (χ0) is 13.3. The Balaban J connectivity index is 2.08. The monoisotopic (exact) mass is 250 g/mol. The first kappa shape index (κ1) is 13.2. The topological polar surface area (TPSA) is 64.3 Å². The number of rotatable bonds is 2. The van der Waals surface area contributed by atoms with Crippen LogP contribution in [0.4, 0.5) is 5.82 Å². The molecule has 5 heteroatoms. The predicted octanol–water partition coefficient (Wildman–Crippen LogP) is 1.37. The van der Waals surface area contributed by atoms with Crippen LogP contribution in [-0.2, 0) is 11.3 Å². The fraction of sp³-hybridized carbons (Fsp3) is 0.692. The van der Waals surface area contributed by atoms with Gasteiger partial charge in [-0.2, -0.15) is 0 Å². The normalized spacial score (nSPS) is 24.1. The van der Waals surface area contributed by atoms with E-state index < -0.39 is 0 Å². The second-order valence-corrected chi connectivity index (χ2v) is 5.71. The van der Waals surface area contributed by atoms with Crippen LogP contribution in [0.5, 0.6) is 0 Å². The largest absolute Gasteiger partial charge is 0.384 e. The first-order chi connectivity index (χ1) is 8.34. The lowest BCUT2D eigenvalue weighted by Crippen LogP contribution is -2.51. The molecule has 1 unspecified atom stereocenters. The van der Waals surface area contributed by atoms with E-state index in [1.54, 1.807) is 6.07 Å². The molecule has 0 saturated carbocycles. The van der Waals surface area contributed by atoms with Gasteiger partial charge in [-0.1, -0.05) is 0 Å². The average Bonchev–Trinajstić information content (AvgIpc) is 2.10. The van der Waals surface area contributed by atoms with Crippen molar-refractivity contribution in [3.05, 3.63) is 17.6 Å². The van der Waals surface area contributed by atoms with E-state index in [1.807, 2.05) is 6.92 Å². The number of ether oxygens (including phenoxy) is 1. The predicted molar refractivity (Wildman–Crippen MR) is 71.1 cm³/mol. The molecule has 100 valence electrons. The summed E-state index contributed by atoms with van der Waals surface area (Å²) >= 11 is 0. The minimum absolute atomic E-state index is 0.118. The fourth-order valence-corrected chi connectivity index (χ4v) is 2.63. The molecule has 18 heavy (non-hydrogen) atoms. The molecule has 0 bridgehead atoms. The van der Waals surface area contributed by atoms with E-state index in [0.717, 1.165) is 31.2 Å². The Morgan fingerprint density at radius 3 is 2.83 bits per heavy atom. The van der Waals surface area contributed by atoms with Crippen molar-refractivity contribution in [3.63, 3.8) is 0 Å². The maximum absolute atomic E-state index is 5.88. The third kappa shape index (κ3) is 3.40. The van der Waals surface area contributed by atoms with Crippen molar-refractivity contribution >= 4 is 5.82 Å². The number of morpholine rings is 1. The molecule has 0 aromatic carbocycles. The SMILES string of the molecule is Cc1cc(N)nc(CN2CC(C)OC(C)(C)C2)n1. The van der Waals surface area contributed by atoms with Crippen LogP contribution < -0.4 is 5.73 Å². The number of hydrogen-bond acceptors (Lipinski definition) is 5. The highest BCUT2D eigenvalue weighted by molar-refractivity contribution is 5.29. The van der Waals surface area contributed by atoms with Gasteiger partial charge in [0.05, 0.1) is 18.2 Å². The standard InChI is InChI=1S/C13H22N4O/c1-9-5-11(14)16-12(15-9)7-17-6-10(2)18-13(3,4)8-17/h5,10H,6-8H2,1-4H3,(H2,14,15,16). The van der Waals surface area contributed by atoms with Gasteiger partial charge in [0.15, 0.2) is 0 Å². The van der Waals surface area contributed by atoms with Gasteiger partial charge in [0, 0.05) is 24.8 Å². The van der Waals surface area contributed by atoms with Crippen molar-refractivity contribution < 1.29 is 4.74 Å². The van der Waals surface area contributed by atoms with E-state index in [4.69, 9.17) is 10.5 Å². The summed E-state index contributed by atoms with van der Waals surface area (Å²) in [5, 5.41) is 0. The highest BCUT2D eigenvalue weighted by Gasteiger charge is 2.31. The van der Waals surface area contributed by atoms with E-state index in [2.05, 4.69) is 35.6 Å². The van der Waals surface area contributed by atoms with Crippen molar-refractivity contribution in [2.24, 2.45) is 0 Å². The molecule has 1 aromatic rings. The third-order valence-electron chi connectivity index (χ3n) is 2.93. The number of aryl methyl sites for hydroxylation is 1. The summed E-state index contributed by atoms with van der Waals surface area (Å²) in [5.41, 5.74) is 6.55. The van der Waals surface area contributed by atoms with E-state index in [0.29, 0.717) is 5.82 Å². The Morgan fingerprint density at radius 1 is 1.50 bits per heavy atom. The number of nitrogens with zero attached hydrogens (tertiary/aromatic N) is 3. The van der Waals surface area contributed by atoms with E-state index in [1.165, 1.54) is 0 Å². The summed E-state index contributed by atoms with van der Waals surface area (Å²) < 4.78 is 5.88. The van der Waals surface area contributed by atoms with E-state index in [9.17, 15) is 0 Å². The van der Waals surface area contributed by atoms with Crippen molar-refractivity contribution in [2.75, 3.05) is 18.8 Å². The van der Waals surface area contributed by atoms with Crippen molar-refractivity contribution in [2.45, 2.75) is 45.9 Å². The summed E-state index contributed by atoms with van der Waals surface area (Å²) in [7, 11) is 0. The molecule has 2 rings (SSSR count). The van der Waals surface area contributed by atoms with Gasteiger partial charge in [-0.25, -0.2) is 9.97 Å². The molecule has 1 aromatic heterocycles. The second-order valence-electron chi connectivity index (χ2n) is 5.71. The van der Waals surface area contributed by atoms with Crippen LogP contribution >= 0.6 is 0 Å². The maximum atomic E-state index is 5.88. The lowest BCUT2D eigenvalue weighted by molar-refractivity contribution is -0.131. The molecular formula is C13H22N4O. The Morgan fingerprint density at radius 2 is 2.22 bits per heavy atom. The molecule has 2 heterocycles. The number of hydrogen-bond donors (Lipinski definition) is 1. The van der Waals surface area contributed by atoms with Crippen LogP contribution in [-0.4, -0.2) is 39.7 Å². The Labute approximate surface area is 108 Å². The lowest BCUT2D eigenvalue weighted by atomic mass is 10.1. The molecule has 1 saturated heterocycles. The maximum Gasteiger partial charge on any atom is 0.144 e. The first-order valence-electron chi connectivity index (χ1n) is 6.34. The Bertz CT molecular complexity index is 413. The van der Waals surface area contributed by atoms with Crippen LogP contribution in [0, 0.1) is 6.92 Å². The average molecular weight is 250 g/mol. The Hall–Kier alpha value is -1.20. The van der Waals surface area contributed by atoms with Crippen molar-refractivity contribution in [1.82, 2.24) is 14.9 Å². The highest BCUT2D eigenvalue weighted by atomic mass is 16.5. The van der Waals surface area contributed by atoms with Gasteiger partial charge >= 0.3 is 0 Å². The van der Waals surface area contributed by atoms with Crippen LogP contribution in [0.3, 0.4) is 0 Å². The molecule has 1 fully saturated rings. The minimum atomic E-state index is -0.118. The smallest absolute Gasteiger partial charge is 0.144 e. The van der Waals surface area contributed by atoms with E-state index >= 15 is 0 Å². The number of nitrogens with two attached hydrogens (primary N) is 1. The quantitative estimate of drug-likeness (QED) is 0.858. The van der Waals surface area contributed by atoms with Gasteiger partial charge in [-0.15, -0.1) is 0 Å². The molecule has 1 aliphatic rings. The van der Waals surface area contributed by atoms with Gasteiger partial charge in [-0.05, 0) is 27.7 Å². The van der Waals surface area contributed by atoms with Gasteiger partial charge in [0.25, 0.3) is 0 Å². The zero-order valence-corrected chi connectivity index (χ0v) is 11.6. The first-order valence-corrected chi connectivity index (χ1v) is 6.34. The molecule has 1 atom stereocenters. The van der Waals surface area contributed by atoms with Crippen molar-refractivity contribution in [3.8, 4) is 0 Å². The molecule has 0 amide bonds. The summed E-state index contributed by atoms with van der Waals surface area (Å²) in [6, 6.07) is 1.79. The highest BCUT2D eigenvalue weighted by Crippen LogP contribution is 2.21. The molecule has 0 radical (unpaired) electrons. The van der Waals surface area contributed by atoms with Crippen LogP contribution in [0.15, 0.2) is 6.07 Å². The van der Waals surface area contributed by atoms with Crippen LogP contribution in [0.2, 0.25) is 0 Å². The number of aromatic nitrogens is 2. The molecule has 1 aliphatic heterocycles. The lowest BCUT2D eigenvalue weighted by Gasteiger charge is -2.41. The molecule has 0 aliphatic carbocycles. The van der Waals surface area contributed by atoms with Crippen molar-refractivity contribution in [1.29, 1.82) is 0 Å². The second kappa shape index (κ2) is 4.82. The molecule has 5 nitrogen and oxygen atoms in total. The van der Waals surface area contributed by atoms with Gasteiger partial charge in [0.1, 0.15) is 11.6 Å². The summed E-state index contributed by atoms with van der Waals surface area (Å²) in [4.78, 5) is 11.0. The fourth-order valence-electron chi connectivity index (χ4n) is 2.63. The molecule has 2 N–H and O–H groups in total. The summed E-state index contributed by atoms with van der Waals surface area (Å²) in [6.07, 6.45) is 0.232. The Kier molecular flexibility index (Phi) is 3.54. The number of nitrogen functional groups attached to an aromatic ring is 1. The summed E-state index contributed by atoms with van der Waals surface area (Å²) in [6.45, 7) is 10.8. The summed E-state index contributed by atoms with van der Waals surface area (Å²) in [5.74, 6) is 1.33. The van der Waals surface area contributed by atoms with Crippen LogP contribution in [0.25, 0.3) is 0 Å². The van der Waals surface area contributed by atoms with Crippen LogP contribution in [0.1, 0.15) is 32.3 Å². The van der Waals surface area contributed by atoms with Gasteiger partial charge in [0.2, 0.25) is 0 Å². The van der Waals surface area contributed by atoms with E-state index in [-0.39, 0.29) is 11.7 Å².